The number of ether oxygens (including phenoxy) is 3. The smallest absolute Gasteiger partial charge is 0.259 e. The maximum absolute atomic E-state index is 12.8. The number of amides is 1. The van der Waals surface area contributed by atoms with Crippen LogP contribution in [-0.4, -0.2) is 33.2 Å². The number of nitrogens with zero attached hydrogens (tertiary/aromatic N) is 1. The van der Waals surface area contributed by atoms with Gasteiger partial charge in [0.15, 0.2) is 23.0 Å². The number of hydrogen-bond acceptors (Lipinski definition) is 6. The number of rotatable bonds is 6. The van der Waals surface area contributed by atoms with E-state index in [-0.39, 0.29) is 11.9 Å². The first-order chi connectivity index (χ1) is 12.9. The van der Waals surface area contributed by atoms with Gasteiger partial charge < -0.3 is 19.9 Å². The van der Waals surface area contributed by atoms with Crippen molar-refractivity contribution in [3.63, 3.8) is 0 Å². The average molecular weight is 369 g/mol. The monoisotopic (exact) mass is 369 g/mol. The summed E-state index contributed by atoms with van der Waals surface area (Å²) in [6.45, 7) is 1.99. The van der Waals surface area contributed by atoms with Gasteiger partial charge in [-0.3, -0.25) is 10.1 Å². The Morgan fingerprint density at radius 3 is 2.07 bits per heavy atom. The summed E-state index contributed by atoms with van der Waals surface area (Å²) in [6, 6.07) is 11.3. The summed E-state index contributed by atoms with van der Waals surface area (Å²) in [6.07, 6.45) is 0.291. The van der Waals surface area contributed by atoms with E-state index in [1.807, 2.05) is 43.3 Å². The van der Waals surface area contributed by atoms with Crippen molar-refractivity contribution in [2.24, 2.45) is 10.7 Å². The van der Waals surface area contributed by atoms with Gasteiger partial charge in [-0.25, -0.2) is 4.99 Å². The molecule has 0 fully saturated rings. The molecule has 2 aromatic carbocycles. The lowest BCUT2D eigenvalue weighted by atomic mass is 9.83. The fourth-order valence-electron chi connectivity index (χ4n) is 3.28. The Kier molecular flexibility index (Phi) is 4.94. The number of nitrogens with two attached hydrogens (primary N) is 1. The molecule has 0 aliphatic carbocycles. The highest BCUT2D eigenvalue weighted by molar-refractivity contribution is 6.07. The summed E-state index contributed by atoms with van der Waals surface area (Å²) in [7, 11) is 4.65. The first kappa shape index (κ1) is 18.6. The van der Waals surface area contributed by atoms with E-state index in [1.54, 1.807) is 21.3 Å². The lowest BCUT2D eigenvalue weighted by Crippen LogP contribution is -2.40. The summed E-state index contributed by atoms with van der Waals surface area (Å²) in [5, 5.41) is 2.62. The molecule has 0 aromatic heterocycles. The van der Waals surface area contributed by atoms with Crippen LogP contribution in [0.2, 0.25) is 0 Å². The van der Waals surface area contributed by atoms with Crippen molar-refractivity contribution in [2.75, 3.05) is 21.3 Å². The molecule has 0 bridgehead atoms. The zero-order valence-corrected chi connectivity index (χ0v) is 15.8. The quantitative estimate of drug-likeness (QED) is 0.811. The second-order valence-electron chi connectivity index (χ2n) is 6.39. The summed E-state index contributed by atoms with van der Waals surface area (Å²) < 4.78 is 16.2. The van der Waals surface area contributed by atoms with Crippen LogP contribution in [0.25, 0.3) is 0 Å². The van der Waals surface area contributed by atoms with Crippen molar-refractivity contribution >= 4 is 11.9 Å². The van der Waals surface area contributed by atoms with E-state index in [4.69, 9.17) is 19.9 Å². The van der Waals surface area contributed by atoms with Crippen molar-refractivity contribution in [2.45, 2.75) is 18.9 Å². The average Bonchev–Trinajstić information content (AvgIpc) is 2.95. The van der Waals surface area contributed by atoms with Gasteiger partial charge in [0, 0.05) is 6.42 Å². The summed E-state index contributed by atoms with van der Waals surface area (Å²) in [4.78, 5) is 17.3. The molecule has 1 heterocycles. The van der Waals surface area contributed by atoms with Crippen molar-refractivity contribution < 1.29 is 19.0 Å². The molecular weight excluding hydrogens is 346 g/mol. The van der Waals surface area contributed by atoms with Crippen molar-refractivity contribution in [3.8, 4) is 17.2 Å². The topological polar surface area (TPSA) is 95.2 Å². The largest absolute Gasteiger partial charge is 0.493 e. The van der Waals surface area contributed by atoms with E-state index in [1.165, 1.54) is 0 Å². The van der Waals surface area contributed by atoms with Gasteiger partial charge in [0.05, 0.1) is 21.3 Å². The molecule has 1 aliphatic heterocycles. The number of aryl methyl sites for hydroxylation is 1. The van der Waals surface area contributed by atoms with E-state index >= 15 is 0 Å². The molecule has 27 heavy (non-hydrogen) atoms. The third-order valence-electron chi connectivity index (χ3n) is 4.64. The molecule has 3 N–H and O–H groups in total. The van der Waals surface area contributed by atoms with Gasteiger partial charge in [-0.05, 0) is 30.2 Å². The van der Waals surface area contributed by atoms with Crippen molar-refractivity contribution in [1.29, 1.82) is 0 Å². The number of carbonyl (C=O) groups excluding carboxylic acids is 1. The molecule has 1 aliphatic rings. The third kappa shape index (κ3) is 3.28. The molecule has 0 radical (unpaired) electrons. The SMILES string of the molecule is COc1cc(C[C@]2(c3ccc(C)cc3)N=C(N)NC2=O)cc(OC)c1OC. The van der Waals surface area contributed by atoms with Crippen LogP contribution in [-0.2, 0) is 16.8 Å². The molecule has 1 amide bonds. The fourth-order valence-corrected chi connectivity index (χ4v) is 3.28. The summed E-state index contributed by atoms with van der Waals surface area (Å²) in [5.41, 5.74) is 7.34. The molecule has 142 valence electrons. The van der Waals surface area contributed by atoms with Gasteiger partial charge in [0.25, 0.3) is 5.91 Å². The number of aliphatic imine (C=N–C) groups is 1. The first-order valence-electron chi connectivity index (χ1n) is 8.46. The zero-order chi connectivity index (χ0) is 19.6. The molecular formula is C20H23N3O4. The lowest BCUT2D eigenvalue weighted by molar-refractivity contribution is -0.124. The van der Waals surface area contributed by atoms with E-state index in [9.17, 15) is 4.79 Å². The molecule has 3 rings (SSSR count). The molecule has 0 unspecified atom stereocenters. The Bertz CT molecular complexity index is 868. The Balaban J connectivity index is 2.11. The summed E-state index contributed by atoms with van der Waals surface area (Å²) >= 11 is 0. The van der Waals surface area contributed by atoms with Gasteiger partial charge >= 0.3 is 0 Å². The Hall–Kier alpha value is -3.22. The molecule has 0 saturated heterocycles. The number of carbonyl (C=O) groups is 1. The number of guanidine groups is 1. The zero-order valence-electron chi connectivity index (χ0n) is 15.8. The van der Waals surface area contributed by atoms with Gasteiger partial charge in [-0.15, -0.1) is 0 Å². The number of hydrogen-bond donors (Lipinski definition) is 2. The highest BCUT2D eigenvalue weighted by Gasteiger charge is 2.45. The Morgan fingerprint density at radius 1 is 1.04 bits per heavy atom. The summed E-state index contributed by atoms with van der Waals surface area (Å²) in [5.74, 6) is 1.36. The van der Waals surface area contributed by atoms with Crippen LogP contribution >= 0.6 is 0 Å². The molecule has 1 atom stereocenters. The van der Waals surface area contributed by atoms with Crippen LogP contribution in [0.4, 0.5) is 0 Å². The predicted molar refractivity (Wildman–Crippen MR) is 102 cm³/mol. The van der Waals surface area contributed by atoms with Crippen molar-refractivity contribution in [1.82, 2.24) is 5.32 Å². The maximum Gasteiger partial charge on any atom is 0.259 e. The standard InChI is InChI=1S/C20H23N3O4/c1-12-5-7-14(8-6-12)20(18(24)22-19(21)23-20)11-13-9-15(25-2)17(27-4)16(10-13)26-3/h5-10H,11H2,1-4H3,(H3,21,22,23,24)/t20-/m1/s1. The first-order valence-corrected chi connectivity index (χ1v) is 8.46. The van der Waals surface area contributed by atoms with Crippen molar-refractivity contribution in [3.05, 3.63) is 53.1 Å². The number of benzene rings is 2. The minimum Gasteiger partial charge on any atom is -0.493 e. The predicted octanol–water partition coefficient (Wildman–Crippen LogP) is 1.90. The van der Waals surface area contributed by atoms with E-state index in [0.717, 1.165) is 16.7 Å². The highest BCUT2D eigenvalue weighted by atomic mass is 16.5. The van der Waals surface area contributed by atoms with Gasteiger partial charge in [-0.2, -0.15) is 0 Å². The highest BCUT2D eigenvalue weighted by Crippen LogP contribution is 2.41. The van der Waals surface area contributed by atoms with Gasteiger partial charge in [0.1, 0.15) is 0 Å². The van der Waals surface area contributed by atoms with Crippen LogP contribution in [0, 0.1) is 6.92 Å². The van der Waals surface area contributed by atoms with Gasteiger partial charge in [0.2, 0.25) is 5.75 Å². The normalized spacial score (nSPS) is 18.7. The van der Waals surface area contributed by atoms with E-state index in [2.05, 4.69) is 10.3 Å². The number of nitrogens with one attached hydrogen (secondary N) is 1. The maximum atomic E-state index is 12.8. The lowest BCUT2D eigenvalue weighted by Gasteiger charge is -2.25. The molecule has 7 nitrogen and oxygen atoms in total. The third-order valence-corrected chi connectivity index (χ3v) is 4.64. The van der Waals surface area contributed by atoms with E-state index in [0.29, 0.717) is 23.7 Å². The van der Waals surface area contributed by atoms with Crippen LogP contribution < -0.4 is 25.3 Å². The van der Waals surface area contributed by atoms with Crippen LogP contribution in [0.5, 0.6) is 17.2 Å². The molecule has 2 aromatic rings. The van der Waals surface area contributed by atoms with E-state index < -0.39 is 5.54 Å². The van der Waals surface area contributed by atoms with Crippen LogP contribution in [0.3, 0.4) is 0 Å². The second-order valence-corrected chi connectivity index (χ2v) is 6.39. The fraction of sp³-hybridized carbons (Fsp3) is 0.300. The molecule has 7 heteroatoms. The van der Waals surface area contributed by atoms with Crippen LogP contribution in [0.1, 0.15) is 16.7 Å². The number of methoxy groups -OCH3 is 3. The molecule has 0 spiro atoms. The van der Waals surface area contributed by atoms with Gasteiger partial charge in [-0.1, -0.05) is 29.8 Å². The Labute approximate surface area is 158 Å². The molecule has 0 saturated carbocycles. The minimum atomic E-state index is -1.15. The minimum absolute atomic E-state index is 0.105. The Morgan fingerprint density at radius 2 is 1.63 bits per heavy atom. The second kappa shape index (κ2) is 7.19. The van der Waals surface area contributed by atoms with Crippen LogP contribution in [0.15, 0.2) is 41.4 Å².